The van der Waals surface area contributed by atoms with Gasteiger partial charge in [0.15, 0.2) is 11.6 Å². The first-order valence-electron chi connectivity index (χ1n) is 12.4. The van der Waals surface area contributed by atoms with Gasteiger partial charge in [0.1, 0.15) is 4.83 Å². The number of nitrogens with zero attached hydrogens (tertiary/aromatic N) is 5. The first-order valence-corrected chi connectivity index (χ1v) is 13.2. The molecule has 0 fully saturated rings. The van der Waals surface area contributed by atoms with E-state index in [0.29, 0.717) is 17.6 Å². The van der Waals surface area contributed by atoms with Crippen molar-refractivity contribution >= 4 is 53.4 Å². The zero-order chi connectivity index (χ0) is 25.1. The molecular weight excluding hydrogens is 486 g/mol. The molecule has 8 rings (SSSR count). The normalized spacial score (nSPS) is 11.7. The van der Waals surface area contributed by atoms with Crippen LogP contribution >= 0.6 is 11.3 Å². The second-order valence-corrected chi connectivity index (χ2v) is 10.2. The fourth-order valence-corrected chi connectivity index (χ4v) is 6.30. The Hall–Kier alpha value is -4.94. The van der Waals surface area contributed by atoms with E-state index in [0.717, 1.165) is 37.8 Å². The molecule has 0 unspecified atom stereocenters. The molecule has 0 aliphatic carbocycles. The summed E-state index contributed by atoms with van der Waals surface area (Å²) in [6.45, 7) is 0. The molecule has 178 valence electrons. The maximum Gasteiger partial charge on any atom is 0.238 e. The molecule has 0 radical (unpaired) electrons. The lowest BCUT2D eigenvalue weighted by Gasteiger charge is -2.11. The summed E-state index contributed by atoms with van der Waals surface area (Å²) in [4.78, 5) is 20.7. The minimum Gasteiger partial charge on any atom is -0.277 e. The topological polar surface area (TPSA) is 56.5 Å². The quantitative estimate of drug-likeness (QED) is 0.244. The third-order valence-electron chi connectivity index (χ3n) is 6.93. The zero-order valence-electron chi connectivity index (χ0n) is 20.1. The van der Waals surface area contributed by atoms with Crippen LogP contribution < -0.4 is 0 Å². The lowest BCUT2D eigenvalue weighted by molar-refractivity contribution is 0.955. The number of pyridine rings is 1. The molecule has 4 heterocycles. The molecule has 0 aliphatic rings. The molecule has 0 saturated heterocycles. The van der Waals surface area contributed by atoms with Crippen LogP contribution in [0.15, 0.2) is 115 Å². The third kappa shape index (κ3) is 3.17. The van der Waals surface area contributed by atoms with Gasteiger partial charge in [-0.2, -0.15) is 9.97 Å². The SMILES string of the molecule is c1ccc(-c2nc(-c3ccccc3)nc(-n3c4ccccc4c4ccc5sc6ncccc6c5c43)n2)cc1. The standard InChI is InChI=1S/C32H19N5S/c1-3-10-20(11-4-1)29-34-30(21-12-5-2-6-13-21)36-32(35-29)37-25-16-8-7-14-22(25)23-17-18-26-27(28(23)37)24-15-9-19-33-31(24)38-26/h1-19H. The van der Waals surface area contributed by atoms with Crippen LogP contribution in [0.1, 0.15) is 0 Å². The van der Waals surface area contributed by atoms with Crippen molar-refractivity contribution in [3.8, 4) is 28.7 Å². The first-order chi connectivity index (χ1) is 18.8. The van der Waals surface area contributed by atoms with E-state index < -0.39 is 0 Å². The number of hydrogen-bond donors (Lipinski definition) is 0. The van der Waals surface area contributed by atoms with Crippen LogP contribution in [-0.4, -0.2) is 24.5 Å². The number of fused-ring (bicyclic) bond motifs is 7. The Labute approximate surface area is 221 Å². The van der Waals surface area contributed by atoms with Crippen LogP contribution in [0, 0.1) is 0 Å². The highest BCUT2D eigenvalue weighted by Crippen LogP contribution is 2.42. The van der Waals surface area contributed by atoms with Crippen molar-refractivity contribution in [3.63, 3.8) is 0 Å². The lowest BCUT2D eigenvalue weighted by atomic mass is 10.1. The molecule has 6 heteroatoms. The van der Waals surface area contributed by atoms with Crippen molar-refractivity contribution in [2.45, 2.75) is 0 Å². The summed E-state index contributed by atoms with van der Waals surface area (Å²) in [6.07, 6.45) is 1.86. The average Bonchev–Trinajstić information content (AvgIpc) is 3.53. The van der Waals surface area contributed by atoms with Crippen molar-refractivity contribution in [2.24, 2.45) is 0 Å². The number of para-hydroxylation sites is 1. The Morgan fingerprint density at radius 3 is 1.95 bits per heavy atom. The van der Waals surface area contributed by atoms with Crippen LogP contribution in [0.25, 0.3) is 70.8 Å². The van der Waals surface area contributed by atoms with E-state index in [4.69, 9.17) is 15.0 Å². The number of thiophene rings is 1. The fraction of sp³-hybridized carbons (Fsp3) is 0. The summed E-state index contributed by atoms with van der Waals surface area (Å²) in [6, 6.07) is 37.2. The molecule has 0 spiro atoms. The average molecular weight is 506 g/mol. The van der Waals surface area contributed by atoms with Gasteiger partial charge in [-0.3, -0.25) is 4.57 Å². The van der Waals surface area contributed by atoms with Crippen LogP contribution in [0.2, 0.25) is 0 Å². The summed E-state index contributed by atoms with van der Waals surface area (Å²) in [5, 5.41) is 4.65. The second kappa shape index (κ2) is 8.30. The maximum absolute atomic E-state index is 5.07. The summed E-state index contributed by atoms with van der Waals surface area (Å²) in [7, 11) is 0. The number of benzene rings is 4. The van der Waals surface area contributed by atoms with E-state index in [1.165, 1.54) is 15.5 Å². The van der Waals surface area contributed by atoms with Crippen molar-refractivity contribution in [1.82, 2.24) is 24.5 Å². The van der Waals surface area contributed by atoms with E-state index in [-0.39, 0.29) is 0 Å². The van der Waals surface area contributed by atoms with Crippen LogP contribution in [0.3, 0.4) is 0 Å². The molecular formula is C32H19N5S. The monoisotopic (exact) mass is 505 g/mol. The van der Waals surface area contributed by atoms with Gasteiger partial charge in [0.2, 0.25) is 5.95 Å². The summed E-state index contributed by atoms with van der Waals surface area (Å²) in [5.41, 5.74) is 4.04. The van der Waals surface area contributed by atoms with E-state index in [1.54, 1.807) is 11.3 Å². The minimum atomic E-state index is 0.597. The van der Waals surface area contributed by atoms with Crippen LogP contribution in [0.4, 0.5) is 0 Å². The van der Waals surface area contributed by atoms with Crippen molar-refractivity contribution < 1.29 is 0 Å². The molecule has 0 amide bonds. The Morgan fingerprint density at radius 2 is 1.21 bits per heavy atom. The van der Waals surface area contributed by atoms with Gasteiger partial charge >= 0.3 is 0 Å². The first kappa shape index (κ1) is 21.2. The lowest BCUT2D eigenvalue weighted by Crippen LogP contribution is -2.06. The van der Waals surface area contributed by atoms with E-state index in [2.05, 4.69) is 52.0 Å². The Morgan fingerprint density at radius 1 is 0.553 bits per heavy atom. The van der Waals surface area contributed by atoms with Gasteiger partial charge in [-0.05, 0) is 24.3 Å². The van der Waals surface area contributed by atoms with Crippen molar-refractivity contribution in [1.29, 1.82) is 0 Å². The molecule has 0 N–H and O–H groups in total. The smallest absolute Gasteiger partial charge is 0.238 e. The molecule has 4 aromatic carbocycles. The summed E-state index contributed by atoms with van der Waals surface area (Å²) in [5.74, 6) is 1.88. The highest BCUT2D eigenvalue weighted by atomic mass is 32.1. The highest BCUT2D eigenvalue weighted by molar-refractivity contribution is 7.25. The molecule has 38 heavy (non-hydrogen) atoms. The minimum absolute atomic E-state index is 0.597. The Kier molecular flexibility index (Phi) is 4.62. The predicted molar refractivity (Wildman–Crippen MR) is 156 cm³/mol. The predicted octanol–water partition coefficient (Wildman–Crippen LogP) is 8.07. The van der Waals surface area contributed by atoms with Gasteiger partial charge in [0.05, 0.1) is 11.0 Å². The number of rotatable bonds is 3. The summed E-state index contributed by atoms with van der Waals surface area (Å²) < 4.78 is 3.39. The van der Waals surface area contributed by atoms with Crippen molar-refractivity contribution in [2.75, 3.05) is 0 Å². The molecule has 5 nitrogen and oxygen atoms in total. The zero-order valence-corrected chi connectivity index (χ0v) is 20.9. The molecule has 0 saturated carbocycles. The maximum atomic E-state index is 5.07. The number of hydrogen-bond acceptors (Lipinski definition) is 5. The van der Waals surface area contributed by atoms with Gasteiger partial charge in [-0.15, -0.1) is 11.3 Å². The van der Waals surface area contributed by atoms with E-state index >= 15 is 0 Å². The molecule has 0 bridgehead atoms. The van der Waals surface area contributed by atoms with Gasteiger partial charge in [0.25, 0.3) is 0 Å². The van der Waals surface area contributed by atoms with E-state index in [1.807, 2.05) is 72.9 Å². The van der Waals surface area contributed by atoms with E-state index in [9.17, 15) is 0 Å². The molecule has 8 aromatic rings. The molecule has 0 atom stereocenters. The van der Waals surface area contributed by atoms with Gasteiger partial charge in [-0.25, -0.2) is 9.97 Å². The van der Waals surface area contributed by atoms with Gasteiger partial charge < -0.3 is 0 Å². The highest BCUT2D eigenvalue weighted by Gasteiger charge is 2.21. The third-order valence-corrected chi connectivity index (χ3v) is 8.01. The molecule has 0 aliphatic heterocycles. The van der Waals surface area contributed by atoms with Gasteiger partial charge in [0, 0.05) is 43.6 Å². The second-order valence-electron chi connectivity index (χ2n) is 9.16. The summed E-state index contributed by atoms with van der Waals surface area (Å²) >= 11 is 1.71. The van der Waals surface area contributed by atoms with Crippen LogP contribution in [0.5, 0.6) is 0 Å². The van der Waals surface area contributed by atoms with Crippen LogP contribution in [-0.2, 0) is 0 Å². The fourth-order valence-electron chi connectivity index (χ4n) is 5.26. The molecule has 4 aromatic heterocycles. The largest absolute Gasteiger partial charge is 0.277 e. The number of aromatic nitrogens is 5. The van der Waals surface area contributed by atoms with Gasteiger partial charge in [-0.1, -0.05) is 84.9 Å². The Balaban J connectivity index is 1.54. The Bertz CT molecular complexity index is 2070. The van der Waals surface area contributed by atoms with Crippen molar-refractivity contribution in [3.05, 3.63) is 115 Å².